The van der Waals surface area contributed by atoms with Crippen molar-refractivity contribution in [3.63, 3.8) is 0 Å². The van der Waals surface area contributed by atoms with Crippen molar-refractivity contribution in [3.05, 3.63) is 44.8 Å². The van der Waals surface area contributed by atoms with Crippen LogP contribution in [0.5, 0.6) is 0 Å². The van der Waals surface area contributed by atoms with Crippen LogP contribution in [0.15, 0.2) is 33.7 Å². The lowest BCUT2D eigenvalue weighted by atomic mass is 10.0. The van der Waals surface area contributed by atoms with Crippen molar-refractivity contribution in [2.45, 2.75) is 12.8 Å². The molecule has 0 saturated heterocycles. The molecular weight excluding hydrogens is 324 g/mol. The van der Waals surface area contributed by atoms with E-state index in [9.17, 15) is 9.59 Å². The summed E-state index contributed by atoms with van der Waals surface area (Å²) in [6.45, 7) is 0. The Labute approximate surface area is 121 Å². The topological polar surface area (TPSA) is 85.9 Å². The summed E-state index contributed by atoms with van der Waals surface area (Å²) < 4.78 is 0.906. The van der Waals surface area contributed by atoms with E-state index < -0.39 is 5.97 Å². The summed E-state index contributed by atoms with van der Waals surface area (Å²) in [6.07, 6.45) is 2.14. The summed E-state index contributed by atoms with van der Waals surface area (Å²) in [5.41, 5.74) is 1.87. The Kier molecular flexibility index (Phi) is 3.10. The van der Waals surface area contributed by atoms with E-state index in [0.717, 1.165) is 26.3 Å². The van der Waals surface area contributed by atoms with Crippen LogP contribution < -0.4 is 5.56 Å². The van der Waals surface area contributed by atoms with Crippen LogP contribution in [-0.2, 0) is 11.2 Å². The van der Waals surface area contributed by atoms with Crippen LogP contribution in [0.4, 0.5) is 0 Å². The van der Waals surface area contributed by atoms with E-state index in [1.54, 1.807) is 6.20 Å². The fourth-order valence-electron chi connectivity index (χ4n) is 2.41. The van der Waals surface area contributed by atoms with Crippen LogP contribution in [0.25, 0.3) is 21.8 Å². The van der Waals surface area contributed by atoms with Gasteiger partial charge in [-0.25, -0.2) is 0 Å². The van der Waals surface area contributed by atoms with Gasteiger partial charge in [-0.15, -0.1) is 0 Å². The van der Waals surface area contributed by atoms with Crippen molar-refractivity contribution >= 4 is 43.7 Å². The Morgan fingerprint density at radius 3 is 2.90 bits per heavy atom. The van der Waals surface area contributed by atoms with Gasteiger partial charge in [-0.1, -0.05) is 15.9 Å². The number of benzene rings is 1. The highest BCUT2D eigenvalue weighted by Crippen LogP contribution is 2.27. The first-order valence-corrected chi connectivity index (χ1v) is 6.89. The van der Waals surface area contributed by atoms with Crippen molar-refractivity contribution < 1.29 is 9.90 Å². The van der Waals surface area contributed by atoms with Crippen LogP contribution in [0, 0.1) is 0 Å². The number of pyridine rings is 1. The Balaban J connectivity index is 2.32. The highest BCUT2D eigenvalue weighted by Gasteiger charge is 2.12. The number of hydrogen-bond donors (Lipinski definition) is 3. The maximum absolute atomic E-state index is 12.0. The van der Waals surface area contributed by atoms with E-state index in [0.29, 0.717) is 11.9 Å². The molecule has 0 spiro atoms. The van der Waals surface area contributed by atoms with E-state index >= 15 is 0 Å². The molecule has 20 heavy (non-hydrogen) atoms. The van der Waals surface area contributed by atoms with Gasteiger partial charge in [0.25, 0.3) is 5.56 Å². The third-order valence-electron chi connectivity index (χ3n) is 3.30. The van der Waals surface area contributed by atoms with Gasteiger partial charge in [-0.05, 0) is 30.2 Å². The smallest absolute Gasteiger partial charge is 0.303 e. The number of carboxylic acid groups (broad SMARTS) is 1. The minimum Gasteiger partial charge on any atom is -0.481 e. The average Bonchev–Trinajstić information content (AvgIpc) is 2.82. The number of aromatic nitrogens is 2. The van der Waals surface area contributed by atoms with Crippen LogP contribution in [0.1, 0.15) is 12.0 Å². The number of aryl methyl sites for hydroxylation is 1. The zero-order chi connectivity index (χ0) is 14.3. The number of aromatic amines is 2. The van der Waals surface area contributed by atoms with E-state index in [2.05, 4.69) is 25.9 Å². The molecule has 2 heterocycles. The predicted octanol–water partition coefficient (Wildman–Crippen LogP) is 2.79. The molecule has 0 saturated carbocycles. The molecule has 3 rings (SSSR count). The molecule has 102 valence electrons. The highest BCUT2D eigenvalue weighted by atomic mass is 79.9. The molecule has 0 atom stereocenters. The van der Waals surface area contributed by atoms with Gasteiger partial charge < -0.3 is 15.1 Å². The summed E-state index contributed by atoms with van der Waals surface area (Å²) >= 11 is 3.42. The molecule has 2 aromatic heterocycles. The summed E-state index contributed by atoms with van der Waals surface area (Å²) in [5.74, 6) is -0.852. The molecule has 0 unspecified atom stereocenters. The molecule has 0 bridgehead atoms. The highest BCUT2D eigenvalue weighted by molar-refractivity contribution is 9.10. The van der Waals surface area contributed by atoms with Crippen molar-refractivity contribution in [2.75, 3.05) is 0 Å². The Hall–Kier alpha value is -2.08. The number of fused-ring (bicyclic) bond motifs is 3. The first-order chi connectivity index (χ1) is 9.56. The molecule has 0 aliphatic rings. The number of rotatable bonds is 3. The third kappa shape index (κ3) is 2.12. The fraction of sp³-hybridized carbons (Fsp3) is 0.143. The van der Waals surface area contributed by atoms with Gasteiger partial charge in [0.2, 0.25) is 0 Å². The third-order valence-corrected chi connectivity index (χ3v) is 3.79. The molecule has 0 fully saturated rings. The normalized spacial score (nSPS) is 11.2. The summed E-state index contributed by atoms with van der Waals surface area (Å²) in [4.78, 5) is 28.5. The maximum Gasteiger partial charge on any atom is 0.303 e. The van der Waals surface area contributed by atoms with E-state index in [1.807, 2.05) is 18.2 Å². The van der Waals surface area contributed by atoms with Crippen molar-refractivity contribution in [3.8, 4) is 0 Å². The van der Waals surface area contributed by atoms with Crippen molar-refractivity contribution in [1.29, 1.82) is 0 Å². The lowest BCUT2D eigenvalue weighted by molar-refractivity contribution is -0.136. The van der Waals surface area contributed by atoms with Gasteiger partial charge in [0.05, 0.1) is 0 Å². The lowest BCUT2D eigenvalue weighted by Crippen LogP contribution is -2.06. The lowest BCUT2D eigenvalue weighted by Gasteiger charge is -2.03. The number of carbonyl (C=O) groups is 1. The number of nitrogens with one attached hydrogen (secondary N) is 2. The van der Waals surface area contributed by atoms with Crippen LogP contribution in [-0.4, -0.2) is 21.0 Å². The summed E-state index contributed by atoms with van der Waals surface area (Å²) in [5, 5.41) is 10.5. The fourth-order valence-corrected chi connectivity index (χ4v) is 2.77. The molecule has 0 amide bonds. The number of hydrogen-bond acceptors (Lipinski definition) is 2. The molecule has 3 aromatic rings. The summed E-state index contributed by atoms with van der Waals surface area (Å²) in [7, 11) is 0. The monoisotopic (exact) mass is 334 g/mol. The zero-order valence-electron chi connectivity index (χ0n) is 10.4. The van der Waals surface area contributed by atoms with Gasteiger partial charge >= 0.3 is 5.97 Å². The van der Waals surface area contributed by atoms with Crippen LogP contribution in [0.2, 0.25) is 0 Å². The Bertz CT molecular complexity index is 879. The second kappa shape index (κ2) is 4.79. The maximum atomic E-state index is 12.0. The van der Waals surface area contributed by atoms with Gasteiger partial charge in [-0.3, -0.25) is 9.59 Å². The quantitative estimate of drug-likeness (QED) is 0.688. The molecule has 1 aromatic carbocycles. The first-order valence-electron chi connectivity index (χ1n) is 6.09. The second-order valence-electron chi connectivity index (χ2n) is 4.60. The van der Waals surface area contributed by atoms with Crippen molar-refractivity contribution in [2.24, 2.45) is 0 Å². The minimum atomic E-state index is -0.852. The number of H-pyrrole nitrogens is 2. The van der Waals surface area contributed by atoms with Gasteiger partial charge in [0, 0.05) is 33.4 Å². The van der Waals surface area contributed by atoms with E-state index in [4.69, 9.17) is 5.11 Å². The standard InChI is InChI=1S/C14H11BrN2O3/c15-8-2-3-10-9(5-8)12-7(1-4-11(18)19)6-16-13(12)14(20)17-10/h2-3,5-6,16H,1,4H2,(H,17,20)(H,18,19). The second-order valence-corrected chi connectivity index (χ2v) is 5.52. The number of carboxylic acids is 1. The Morgan fingerprint density at radius 1 is 1.35 bits per heavy atom. The molecular formula is C14H11BrN2O3. The van der Waals surface area contributed by atoms with Gasteiger partial charge in [-0.2, -0.15) is 0 Å². The minimum absolute atomic E-state index is 0.0370. The van der Waals surface area contributed by atoms with Crippen LogP contribution in [0.3, 0.4) is 0 Å². The number of halogens is 1. The SMILES string of the molecule is O=C(O)CCc1c[nH]c2c(=O)[nH]c3ccc(Br)cc3c12. The average molecular weight is 335 g/mol. The molecule has 5 nitrogen and oxygen atoms in total. The molecule has 0 radical (unpaired) electrons. The first kappa shape index (κ1) is 12.9. The molecule has 3 N–H and O–H groups in total. The largest absolute Gasteiger partial charge is 0.481 e. The van der Waals surface area contributed by atoms with E-state index in [-0.39, 0.29) is 12.0 Å². The summed E-state index contributed by atoms with van der Waals surface area (Å²) in [6, 6.07) is 5.60. The molecule has 0 aliphatic carbocycles. The molecule has 0 aliphatic heterocycles. The van der Waals surface area contributed by atoms with E-state index in [1.165, 1.54) is 0 Å². The number of aliphatic carboxylic acids is 1. The van der Waals surface area contributed by atoms with Crippen LogP contribution >= 0.6 is 15.9 Å². The molecule has 6 heteroatoms. The van der Waals surface area contributed by atoms with Gasteiger partial charge in [0.1, 0.15) is 5.52 Å². The Morgan fingerprint density at radius 2 is 2.15 bits per heavy atom. The zero-order valence-corrected chi connectivity index (χ0v) is 12.0. The van der Waals surface area contributed by atoms with Crippen molar-refractivity contribution in [1.82, 2.24) is 9.97 Å². The van der Waals surface area contributed by atoms with Gasteiger partial charge in [0.15, 0.2) is 0 Å². The predicted molar refractivity (Wildman–Crippen MR) is 80.1 cm³/mol.